The Morgan fingerprint density at radius 1 is 1.45 bits per heavy atom. The van der Waals surface area contributed by atoms with Crippen molar-refractivity contribution in [1.82, 2.24) is 0 Å². The SMILES string of the molecule is C=C(C)C(C)(C)S(=O)(=O)OC. The molecule has 0 rings (SSSR count). The molecule has 0 bridgehead atoms. The summed E-state index contributed by atoms with van der Waals surface area (Å²) in [4.78, 5) is 0. The van der Waals surface area contributed by atoms with Crippen molar-refractivity contribution in [2.45, 2.75) is 25.5 Å². The summed E-state index contributed by atoms with van der Waals surface area (Å²) in [6.07, 6.45) is 0. The Labute approximate surface area is 68.2 Å². The molecule has 0 saturated heterocycles. The van der Waals surface area contributed by atoms with Crippen LogP contribution in [-0.2, 0) is 14.3 Å². The first-order chi connectivity index (χ1) is 4.75. The molecule has 0 aromatic rings. The van der Waals surface area contributed by atoms with E-state index >= 15 is 0 Å². The molecule has 0 unspecified atom stereocenters. The summed E-state index contributed by atoms with van der Waals surface area (Å²) in [5.41, 5.74) is 0.569. The predicted octanol–water partition coefficient (Wildman–Crippen LogP) is 1.32. The zero-order valence-corrected chi connectivity index (χ0v) is 8.16. The van der Waals surface area contributed by atoms with E-state index in [9.17, 15) is 8.42 Å². The van der Waals surface area contributed by atoms with E-state index < -0.39 is 14.9 Å². The lowest BCUT2D eigenvalue weighted by atomic mass is 10.1. The largest absolute Gasteiger partial charge is 0.276 e. The van der Waals surface area contributed by atoms with Crippen molar-refractivity contribution in [3.05, 3.63) is 12.2 Å². The van der Waals surface area contributed by atoms with Crippen LogP contribution in [0.1, 0.15) is 20.8 Å². The topological polar surface area (TPSA) is 43.4 Å². The van der Waals surface area contributed by atoms with Crippen LogP contribution in [0.4, 0.5) is 0 Å². The first kappa shape index (κ1) is 10.7. The maximum Gasteiger partial charge on any atom is 0.276 e. The fourth-order valence-electron chi connectivity index (χ4n) is 0.422. The smallest absolute Gasteiger partial charge is 0.273 e. The third-order valence-electron chi connectivity index (χ3n) is 1.87. The van der Waals surface area contributed by atoms with E-state index in [2.05, 4.69) is 10.8 Å². The van der Waals surface area contributed by atoms with E-state index in [0.717, 1.165) is 7.11 Å². The van der Waals surface area contributed by atoms with Gasteiger partial charge in [0, 0.05) is 0 Å². The van der Waals surface area contributed by atoms with Crippen molar-refractivity contribution in [1.29, 1.82) is 0 Å². The Kier molecular flexibility index (Phi) is 2.85. The molecule has 0 aliphatic rings. The van der Waals surface area contributed by atoms with Crippen LogP contribution in [0.3, 0.4) is 0 Å². The highest BCUT2D eigenvalue weighted by atomic mass is 32.2. The summed E-state index contributed by atoms with van der Waals surface area (Å²) in [5, 5.41) is 0. The van der Waals surface area contributed by atoms with Crippen LogP contribution < -0.4 is 0 Å². The molecule has 66 valence electrons. The minimum atomic E-state index is -3.50. The monoisotopic (exact) mass is 178 g/mol. The minimum absolute atomic E-state index is 0.569. The average Bonchev–Trinajstić information content (AvgIpc) is 1.87. The van der Waals surface area contributed by atoms with Gasteiger partial charge in [-0.15, -0.1) is 0 Å². The Morgan fingerprint density at radius 2 is 1.82 bits per heavy atom. The normalized spacial score (nSPS) is 13.1. The summed E-state index contributed by atoms with van der Waals surface area (Å²) in [5.74, 6) is 0. The Morgan fingerprint density at radius 3 is 1.91 bits per heavy atom. The van der Waals surface area contributed by atoms with Crippen LogP contribution in [0.5, 0.6) is 0 Å². The second-order valence-electron chi connectivity index (χ2n) is 2.91. The van der Waals surface area contributed by atoms with Gasteiger partial charge in [-0.3, -0.25) is 4.18 Å². The van der Waals surface area contributed by atoms with Gasteiger partial charge in [-0.2, -0.15) is 8.42 Å². The maximum atomic E-state index is 11.2. The molecule has 0 saturated carbocycles. The van der Waals surface area contributed by atoms with Crippen molar-refractivity contribution in [3.63, 3.8) is 0 Å². The Balaban J connectivity index is 5.01. The molecular formula is C7H14O3S. The van der Waals surface area contributed by atoms with Crippen molar-refractivity contribution in [2.24, 2.45) is 0 Å². The molecule has 0 heterocycles. The minimum Gasteiger partial charge on any atom is -0.273 e. The van der Waals surface area contributed by atoms with Gasteiger partial charge in [0.25, 0.3) is 10.1 Å². The molecule has 0 aliphatic heterocycles. The highest BCUT2D eigenvalue weighted by Gasteiger charge is 2.35. The second-order valence-corrected chi connectivity index (χ2v) is 5.17. The lowest BCUT2D eigenvalue weighted by Gasteiger charge is -2.22. The van der Waals surface area contributed by atoms with E-state index in [1.54, 1.807) is 20.8 Å². The van der Waals surface area contributed by atoms with Crippen LogP contribution >= 0.6 is 0 Å². The molecule has 3 nitrogen and oxygen atoms in total. The summed E-state index contributed by atoms with van der Waals surface area (Å²) < 4.78 is 25.7. The van der Waals surface area contributed by atoms with E-state index in [-0.39, 0.29) is 0 Å². The van der Waals surface area contributed by atoms with Crippen molar-refractivity contribution in [2.75, 3.05) is 7.11 Å². The summed E-state index contributed by atoms with van der Waals surface area (Å²) in [6.45, 7) is 8.37. The molecule has 0 amide bonds. The number of hydrogen-bond acceptors (Lipinski definition) is 3. The average molecular weight is 178 g/mol. The van der Waals surface area contributed by atoms with Gasteiger partial charge in [0.2, 0.25) is 0 Å². The third-order valence-corrected chi connectivity index (χ3v) is 3.91. The van der Waals surface area contributed by atoms with E-state index in [1.165, 1.54) is 0 Å². The van der Waals surface area contributed by atoms with Gasteiger partial charge in [-0.1, -0.05) is 12.2 Å². The molecule has 0 aromatic heterocycles. The van der Waals surface area contributed by atoms with Gasteiger partial charge >= 0.3 is 0 Å². The van der Waals surface area contributed by atoms with Gasteiger partial charge in [0.05, 0.1) is 7.11 Å². The van der Waals surface area contributed by atoms with Crippen molar-refractivity contribution >= 4 is 10.1 Å². The van der Waals surface area contributed by atoms with Crippen LogP contribution in [0.15, 0.2) is 12.2 Å². The number of rotatable bonds is 3. The molecular weight excluding hydrogens is 164 g/mol. The molecule has 4 heteroatoms. The molecule has 0 aliphatic carbocycles. The van der Waals surface area contributed by atoms with Crippen LogP contribution in [-0.4, -0.2) is 20.3 Å². The second kappa shape index (κ2) is 2.95. The molecule has 0 radical (unpaired) electrons. The molecule has 0 atom stereocenters. The van der Waals surface area contributed by atoms with Crippen LogP contribution in [0.25, 0.3) is 0 Å². The lowest BCUT2D eigenvalue weighted by Crippen LogP contribution is -2.33. The Bertz CT molecular complexity index is 249. The quantitative estimate of drug-likeness (QED) is 0.483. The standard InChI is InChI=1S/C7H14O3S/c1-6(2)7(3,4)11(8,9)10-5/h1H2,2-5H3. The summed E-state index contributed by atoms with van der Waals surface area (Å²) >= 11 is 0. The zero-order valence-electron chi connectivity index (χ0n) is 7.34. The fourth-order valence-corrected chi connectivity index (χ4v) is 1.27. The van der Waals surface area contributed by atoms with Crippen LogP contribution in [0, 0.1) is 0 Å². The summed E-state index contributed by atoms with van der Waals surface area (Å²) in [7, 11) is -2.34. The Hall–Kier alpha value is -0.350. The van der Waals surface area contributed by atoms with E-state index in [4.69, 9.17) is 0 Å². The summed E-state index contributed by atoms with van der Waals surface area (Å²) in [6, 6.07) is 0. The molecule has 0 N–H and O–H groups in total. The first-order valence-corrected chi connectivity index (χ1v) is 4.62. The van der Waals surface area contributed by atoms with Gasteiger partial charge in [-0.25, -0.2) is 0 Å². The van der Waals surface area contributed by atoms with E-state index in [0.29, 0.717) is 5.57 Å². The maximum absolute atomic E-state index is 11.2. The zero-order chi connectivity index (χ0) is 9.28. The molecule has 0 fully saturated rings. The van der Waals surface area contributed by atoms with Gasteiger partial charge in [-0.05, 0) is 20.8 Å². The van der Waals surface area contributed by atoms with E-state index in [1.807, 2.05) is 0 Å². The lowest BCUT2D eigenvalue weighted by molar-refractivity contribution is 0.379. The molecule has 11 heavy (non-hydrogen) atoms. The first-order valence-electron chi connectivity index (χ1n) is 3.22. The van der Waals surface area contributed by atoms with Gasteiger partial charge in [0.1, 0.15) is 4.75 Å². The third kappa shape index (κ3) is 1.81. The molecule has 0 aromatic carbocycles. The predicted molar refractivity (Wildman–Crippen MR) is 44.8 cm³/mol. The van der Waals surface area contributed by atoms with Crippen LogP contribution in [0.2, 0.25) is 0 Å². The highest BCUT2D eigenvalue weighted by Crippen LogP contribution is 2.24. The number of hydrogen-bond donors (Lipinski definition) is 0. The fraction of sp³-hybridized carbons (Fsp3) is 0.714. The van der Waals surface area contributed by atoms with Crippen molar-refractivity contribution in [3.8, 4) is 0 Å². The van der Waals surface area contributed by atoms with Gasteiger partial charge in [0.15, 0.2) is 0 Å². The van der Waals surface area contributed by atoms with Crippen molar-refractivity contribution < 1.29 is 12.6 Å². The van der Waals surface area contributed by atoms with Gasteiger partial charge < -0.3 is 0 Å². The molecule has 0 spiro atoms. The highest BCUT2D eigenvalue weighted by molar-refractivity contribution is 7.88.